The molecule has 0 N–H and O–H groups in total. The predicted molar refractivity (Wildman–Crippen MR) is 67.3 cm³/mol. The summed E-state index contributed by atoms with van der Waals surface area (Å²) in [6, 6.07) is 0. The first-order valence-corrected chi connectivity index (χ1v) is 6.89. The SMILES string of the molecule is CC(=O)[C@H]1CC[C@@]2(C)CCC[C@@H](C)[C@@]2(C)C1. The Bertz CT molecular complexity index is 296. The molecule has 1 heteroatoms. The Balaban J connectivity index is 2.26. The summed E-state index contributed by atoms with van der Waals surface area (Å²) in [5.41, 5.74) is 0.899. The molecule has 92 valence electrons. The molecule has 1 nitrogen and oxygen atoms in total. The minimum atomic E-state index is 0.346. The first kappa shape index (κ1) is 12.1. The maximum absolute atomic E-state index is 11.6. The van der Waals surface area contributed by atoms with E-state index in [0.29, 0.717) is 22.5 Å². The van der Waals surface area contributed by atoms with Gasteiger partial charge in [0.15, 0.2) is 0 Å². The summed E-state index contributed by atoms with van der Waals surface area (Å²) in [5.74, 6) is 1.55. The van der Waals surface area contributed by atoms with Crippen molar-refractivity contribution in [2.45, 2.75) is 66.2 Å². The molecule has 0 spiro atoms. The fraction of sp³-hybridized carbons (Fsp3) is 0.933. The minimum Gasteiger partial charge on any atom is -0.300 e. The molecule has 0 unspecified atom stereocenters. The van der Waals surface area contributed by atoms with E-state index >= 15 is 0 Å². The first-order valence-electron chi connectivity index (χ1n) is 6.89. The third-order valence-electron chi connectivity index (χ3n) is 6.12. The topological polar surface area (TPSA) is 17.1 Å². The van der Waals surface area contributed by atoms with Crippen LogP contribution in [0.1, 0.15) is 66.2 Å². The predicted octanol–water partition coefficient (Wildman–Crippen LogP) is 4.21. The number of fused-ring (bicyclic) bond motifs is 1. The normalized spacial score (nSPS) is 48.5. The highest BCUT2D eigenvalue weighted by atomic mass is 16.1. The molecule has 2 aliphatic carbocycles. The average Bonchev–Trinajstić information content (AvgIpc) is 2.20. The van der Waals surface area contributed by atoms with Gasteiger partial charge < -0.3 is 0 Å². The fourth-order valence-electron chi connectivity index (χ4n) is 4.31. The molecule has 0 amide bonds. The summed E-state index contributed by atoms with van der Waals surface area (Å²) in [6.45, 7) is 9.11. The Morgan fingerprint density at radius 3 is 2.50 bits per heavy atom. The van der Waals surface area contributed by atoms with Crippen molar-refractivity contribution in [1.82, 2.24) is 0 Å². The van der Waals surface area contributed by atoms with E-state index in [-0.39, 0.29) is 0 Å². The Hall–Kier alpha value is -0.330. The molecule has 0 radical (unpaired) electrons. The van der Waals surface area contributed by atoms with Gasteiger partial charge in [0.05, 0.1) is 0 Å². The molecule has 0 heterocycles. The van der Waals surface area contributed by atoms with Crippen molar-refractivity contribution in [3.63, 3.8) is 0 Å². The average molecular weight is 222 g/mol. The molecule has 2 rings (SSSR count). The van der Waals surface area contributed by atoms with E-state index in [1.807, 2.05) is 0 Å². The van der Waals surface area contributed by atoms with E-state index in [2.05, 4.69) is 20.8 Å². The quantitative estimate of drug-likeness (QED) is 0.649. The first-order chi connectivity index (χ1) is 7.39. The van der Waals surface area contributed by atoms with Crippen LogP contribution in [0.4, 0.5) is 0 Å². The van der Waals surface area contributed by atoms with Crippen molar-refractivity contribution in [2.24, 2.45) is 22.7 Å². The van der Waals surface area contributed by atoms with Crippen molar-refractivity contribution >= 4 is 5.78 Å². The van der Waals surface area contributed by atoms with Crippen molar-refractivity contribution < 1.29 is 4.79 Å². The highest BCUT2D eigenvalue weighted by molar-refractivity contribution is 5.78. The molecule has 0 aromatic heterocycles. The Morgan fingerprint density at radius 2 is 1.88 bits per heavy atom. The molecule has 0 aromatic carbocycles. The van der Waals surface area contributed by atoms with Gasteiger partial charge in [-0.15, -0.1) is 0 Å². The standard InChI is InChI=1S/C15H26O/c1-11-6-5-8-14(3)9-7-13(12(2)16)10-15(11,14)4/h11,13H,5-10H2,1-4H3/t11-,13+,14-,15-/m1/s1. The molecule has 0 aromatic rings. The largest absolute Gasteiger partial charge is 0.300 e. The van der Waals surface area contributed by atoms with Crippen molar-refractivity contribution in [3.05, 3.63) is 0 Å². The van der Waals surface area contributed by atoms with Crippen molar-refractivity contribution in [3.8, 4) is 0 Å². The van der Waals surface area contributed by atoms with Crippen LogP contribution < -0.4 is 0 Å². The molecule has 2 saturated carbocycles. The second kappa shape index (κ2) is 3.85. The Morgan fingerprint density at radius 1 is 1.19 bits per heavy atom. The van der Waals surface area contributed by atoms with E-state index in [4.69, 9.17) is 0 Å². The van der Waals surface area contributed by atoms with Crippen LogP contribution in [0.25, 0.3) is 0 Å². The summed E-state index contributed by atoms with van der Waals surface area (Å²) < 4.78 is 0. The van der Waals surface area contributed by atoms with E-state index in [1.54, 1.807) is 6.92 Å². The highest BCUT2D eigenvalue weighted by Crippen LogP contribution is 2.61. The van der Waals surface area contributed by atoms with Gasteiger partial charge in [0.25, 0.3) is 0 Å². The maximum Gasteiger partial charge on any atom is 0.132 e. The summed E-state index contributed by atoms with van der Waals surface area (Å²) in [5, 5.41) is 0. The third-order valence-corrected chi connectivity index (χ3v) is 6.12. The van der Waals surface area contributed by atoms with Crippen molar-refractivity contribution in [1.29, 1.82) is 0 Å². The minimum absolute atomic E-state index is 0.346. The summed E-state index contributed by atoms with van der Waals surface area (Å²) in [4.78, 5) is 11.6. The molecule has 16 heavy (non-hydrogen) atoms. The number of carbonyl (C=O) groups is 1. The number of hydrogen-bond acceptors (Lipinski definition) is 1. The molecular formula is C15H26O. The zero-order chi connectivity index (χ0) is 12.0. The van der Waals surface area contributed by atoms with Crippen LogP contribution in [-0.4, -0.2) is 5.78 Å². The van der Waals surface area contributed by atoms with Crippen LogP contribution in [0.2, 0.25) is 0 Å². The lowest BCUT2D eigenvalue weighted by Gasteiger charge is -2.58. The van der Waals surface area contributed by atoms with E-state index in [9.17, 15) is 4.79 Å². The second-order valence-corrected chi connectivity index (χ2v) is 6.82. The summed E-state index contributed by atoms with van der Waals surface area (Å²) in [6.07, 6.45) is 7.65. The lowest BCUT2D eigenvalue weighted by atomic mass is 9.46. The fourth-order valence-corrected chi connectivity index (χ4v) is 4.31. The number of Topliss-reactive ketones (excluding diaryl/α,β-unsaturated/α-hetero) is 1. The van der Waals surface area contributed by atoms with E-state index in [1.165, 1.54) is 25.7 Å². The number of rotatable bonds is 1. The van der Waals surface area contributed by atoms with Crippen LogP contribution in [0, 0.1) is 22.7 Å². The molecule has 2 aliphatic rings. The summed E-state index contributed by atoms with van der Waals surface area (Å²) in [7, 11) is 0. The lowest BCUT2D eigenvalue weighted by Crippen LogP contribution is -2.50. The van der Waals surface area contributed by atoms with Crippen LogP contribution in [0.3, 0.4) is 0 Å². The molecule has 0 aliphatic heterocycles. The Kier molecular flexibility index (Phi) is 2.92. The zero-order valence-corrected chi connectivity index (χ0v) is 11.3. The molecule has 2 fully saturated rings. The van der Waals surface area contributed by atoms with Gasteiger partial charge in [0, 0.05) is 5.92 Å². The Labute approximate surface area is 100.0 Å². The van der Waals surface area contributed by atoms with Crippen molar-refractivity contribution in [2.75, 3.05) is 0 Å². The van der Waals surface area contributed by atoms with Gasteiger partial charge in [-0.3, -0.25) is 4.79 Å². The molecular weight excluding hydrogens is 196 g/mol. The molecule has 0 saturated heterocycles. The maximum atomic E-state index is 11.6. The van der Waals surface area contributed by atoms with Gasteiger partial charge in [-0.2, -0.15) is 0 Å². The lowest BCUT2D eigenvalue weighted by molar-refractivity contribution is -0.132. The molecule has 0 bridgehead atoms. The van der Waals surface area contributed by atoms with Gasteiger partial charge in [-0.1, -0.05) is 33.6 Å². The van der Waals surface area contributed by atoms with Crippen LogP contribution in [0.5, 0.6) is 0 Å². The van der Waals surface area contributed by atoms with E-state index in [0.717, 1.165) is 18.8 Å². The van der Waals surface area contributed by atoms with Gasteiger partial charge in [-0.25, -0.2) is 0 Å². The van der Waals surface area contributed by atoms with Gasteiger partial charge >= 0.3 is 0 Å². The second-order valence-electron chi connectivity index (χ2n) is 6.82. The van der Waals surface area contributed by atoms with E-state index < -0.39 is 0 Å². The number of ketones is 1. The highest BCUT2D eigenvalue weighted by Gasteiger charge is 2.53. The monoisotopic (exact) mass is 222 g/mol. The van der Waals surface area contributed by atoms with Crippen LogP contribution >= 0.6 is 0 Å². The van der Waals surface area contributed by atoms with Crippen LogP contribution in [0.15, 0.2) is 0 Å². The van der Waals surface area contributed by atoms with Gasteiger partial charge in [-0.05, 0) is 49.4 Å². The number of carbonyl (C=O) groups excluding carboxylic acids is 1. The smallest absolute Gasteiger partial charge is 0.132 e. The third kappa shape index (κ3) is 1.63. The molecule has 4 atom stereocenters. The summed E-state index contributed by atoms with van der Waals surface area (Å²) >= 11 is 0. The number of hydrogen-bond donors (Lipinski definition) is 0. The zero-order valence-electron chi connectivity index (χ0n) is 11.3. The van der Waals surface area contributed by atoms with Gasteiger partial charge in [0.2, 0.25) is 0 Å². The van der Waals surface area contributed by atoms with Gasteiger partial charge in [0.1, 0.15) is 5.78 Å². The van der Waals surface area contributed by atoms with Crippen LogP contribution in [-0.2, 0) is 4.79 Å².